The van der Waals surface area contributed by atoms with E-state index in [0.717, 1.165) is 25.2 Å². The van der Waals surface area contributed by atoms with Crippen LogP contribution < -0.4 is 0 Å². The zero-order valence-electron chi connectivity index (χ0n) is 15.0. The highest BCUT2D eigenvalue weighted by atomic mass is 16.3. The third-order valence-corrected chi connectivity index (χ3v) is 5.09. The molecule has 0 aliphatic carbocycles. The first-order valence-corrected chi connectivity index (χ1v) is 9.33. The van der Waals surface area contributed by atoms with Crippen LogP contribution in [0.3, 0.4) is 0 Å². The fourth-order valence-electron chi connectivity index (χ4n) is 3.78. The van der Waals surface area contributed by atoms with Crippen LogP contribution >= 0.6 is 0 Å². The van der Waals surface area contributed by atoms with Crippen molar-refractivity contribution in [3.8, 4) is 0 Å². The number of Topliss-reactive ketones (excluding diaryl/α,β-unsaturated/α-hetero) is 1. The second kappa shape index (κ2) is 8.34. The van der Waals surface area contributed by atoms with Crippen LogP contribution in [0.5, 0.6) is 0 Å². The molecule has 1 N–H and O–H groups in total. The van der Waals surface area contributed by atoms with Gasteiger partial charge in [-0.05, 0) is 24.5 Å². The van der Waals surface area contributed by atoms with Crippen LogP contribution in [0.15, 0.2) is 53.9 Å². The van der Waals surface area contributed by atoms with E-state index in [4.69, 9.17) is 0 Å². The number of aliphatic hydroxyl groups excluding tert-OH is 1. The molecular weight excluding hydrogens is 312 g/mol. The molecule has 0 amide bonds. The van der Waals surface area contributed by atoms with Crippen molar-refractivity contribution in [1.29, 1.82) is 0 Å². The van der Waals surface area contributed by atoms with Gasteiger partial charge in [0.05, 0.1) is 0 Å². The van der Waals surface area contributed by atoms with E-state index in [9.17, 15) is 9.90 Å². The highest BCUT2D eigenvalue weighted by Gasteiger charge is 2.33. The number of hydrogen-bond donors (Lipinski definition) is 1. The Kier molecular flexibility index (Phi) is 5.92. The monoisotopic (exact) mass is 340 g/mol. The third kappa shape index (κ3) is 4.31. The lowest BCUT2D eigenvalue weighted by Gasteiger charge is -2.38. The van der Waals surface area contributed by atoms with Gasteiger partial charge >= 0.3 is 0 Å². The zero-order valence-corrected chi connectivity index (χ0v) is 15.0. The molecule has 2 heterocycles. The molecule has 25 heavy (non-hydrogen) atoms. The summed E-state index contributed by atoms with van der Waals surface area (Å²) in [4.78, 5) is 16.4. The minimum Gasteiger partial charge on any atom is -0.504 e. The van der Waals surface area contributed by atoms with Crippen molar-refractivity contribution in [2.24, 2.45) is 0 Å². The van der Waals surface area contributed by atoms with Crippen LogP contribution in [0.1, 0.15) is 44.6 Å². The molecule has 134 valence electrons. The lowest BCUT2D eigenvalue weighted by atomic mass is 10.0. The number of carbonyl (C=O) groups excluding carboxylic acids is 1. The normalized spacial score (nSPS) is 24.0. The number of likely N-dealkylation sites (tertiary alicyclic amines) is 1. The van der Waals surface area contributed by atoms with Crippen molar-refractivity contribution in [1.82, 2.24) is 9.80 Å². The number of carbonyl (C=O) groups is 1. The van der Waals surface area contributed by atoms with Gasteiger partial charge in [-0.1, -0.05) is 49.6 Å². The quantitative estimate of drug-likeness (QED) is 0.664. The number of benzene rings is 1. The summed E-state index contributed by atoms with van der Waals surface area (Å²) in [6.07, 6.45) is 10.0. The Morgan fingerprint density at radius 3 is 2.36 bits per heavy atom. The van der Waals surface area contributed by atoms with Crippen molar-refractivity contribution in [2.75, 3.05) is 13.1 Å². The molecule has 2 aliphatic heterocycles. The summed E-state index contributed by atoms with van der Waals surface area (Å²) in [6.45, 7) is 4.21. The molecule has 0 bridgehead atoms. The maximum atomic E-state index is 11.8. The number of aliphatic hydroxyl groups is 1. The smallest absolute Gasteiger partial charge is 0.194 e. The Bertz CT molecular complexity index is 643. The van der Waals surface area contributed by atoms with Crippen molar-refractivity contribution in [3.63, 3.8) is 0 Å². The minimum absolute atomic E-state index is 0.0535. The molecule has 2 aliphatic rings. The zero-order chi connectivity index (χ0) is 17.6. The maximum absolute atomic E-state index is 11.8. The van der Waals surface area contributed by atoms with E-state index in [1.807, 2.05) is 30.5 Å². The maximum Gasteiger partial charge on any atom is 0.194 e. The summed E-state index contributed by atoms with van der Waals surface area (Å²) >= 11 is 0. The van der Waals surface area contributed by atoms with Gasteiger partial charge in [-0.25, -0.2) is 0 Å². The number of allylic oxidation sites excluding steroid dienone is 1. The van der Waals surface area contributed by atoms with Gasteiger partial charge in [-0.2, -0.15) is 0 Å². The molecule has 3 rings (SSSR count). The molecule has 1 aromatic rings. The van der Waals surface area contributed by atoms with E-state index < -0.39 is 0 Å². The van der Waals surface area contributed by atoms with Crippen LogP contribution in [-0.4, -0.2) is 39.9 Å². The molecule has 1 unspecified atom stereocenters. The van der Waals surface area contributed by atoms with Gasteiger partial charge in [0, 0.05) is 38.3 Å². The highest BCUT2D eigenvalue weighted by molar-refractivity contribution is 5.92. The molecule has 4 nitrogen and oxygen atoms in total. The Balaban J connectivity index is 1.87. The lowest BCUT2D eigenvalue weighted by Crippen LogP contribution is -2.46. The molecule has 0 aromatic heterocycles. The van der Waals surface area contributed by atoms with E-state index in [1.165, 1.54) is 44.6 Å². The molecular formula is C21H28N2O2. The predicted molar refractivity (Wildman–Crippen MR) is 99.9 cm³/mol. The summed E-state index contributed by atoms with van der Waals surface area (Å²) < 4.78 is 0. The van der Waals surface area contributed by atoms with Gasteiger partial charge in [0.15, 0.2) is 11.5 Å². The standard InChI is InChI=1S/C21H28N2O2/c1-17(24)20(25)19-12-15-23(16-18-10-6-5-7-11-18)21(19)22-13-8-3-2-4-9-14-22/h5-7,10-12,15,21,25H,2-4,8-9,13-14,16H2,1H3/b20-19-. The first-order chi connectivity index (χ1) is 12.2. The minimum atomic E-state index is -0.266. The fraction of sp³-hybridized carbons (Fsp3) is 0.476. The fourth-order valence-corrected chi connectivity index (χ4v) is 3.78. The number of hydrogen-bond acceptors (Lipinski definition) is 4. The summed E-state index contributed by atoms with van der Waals surface area (Å²) in [5, 5.41) is 10.4. The van der Waals surface area contributed by atoms with Crippen molar-refractivity contribution in [2.45, 2.75) is 51.7 Å². The van der Waals surface area contributed by atoms with Crippen LogP contribution in [0.25, 0.3) is 0 Å². The third-order valence-electron chi connectivity index (χ3n) is 5.09. The largest absolute Gasteiger partial charge is 0.504 e. The average Bonchev–Trinajstić information content (AvgIpc) is 2.98. The highest BCUT2D eigenvalue weighted by Crippen LogP contribution is 2.29. The number of nitrogens with zero attached hydrogens (tertiary/aromatic N) is 2. The van der Waals surface area contributed by atoms with E-state index >= 15 is 0 Å². The number of ketones is 1. The lowest BCUT2D eigenvalue weighted by molar-refractivity contribution is -0.116. The molecule has 4 heteroatoms. The summed E-state index contributed by atoms with van der Waals surface area (Å²) in [7, 11) is 0. The van der Waals surface area contributed by atoms with Crippen LogP contribution in [0.2, 0.25) is 0 Å². The Hall–Kier alpha value is -2.07. The van der Waals surface area contributed by atoms with E-state index in [1.54, 1.807) is 0 Å². The van der Waals surface area contributed by atoms with Crippen LogP contribution in [0, 0.1) is 0 Å². The van der Waals surface area contributed by atoms with Gasteiger partial charge in [-0.15, -0.1) is 0 Å². The van der Waals surface area contributed by atoms with E-state index in [2.05, 4.69) is 21.9 Å². The van der Waals surface area contributed by atoms with Gasteiger partial charge in [0.25, 0.3) is 0 Å². The number of rotatable bonds is 4. The molecule has 1 saturated heterocycles. The van der Waals surface area contributed by atoms with Gasteiger partial charge < -0.3 is 10.0 Å². The molecule has 1 atom stereocenters. The second-order valence-electron chi connectivity index (χ2n) is 7.01. The van der Waals surface area contributed by atoms with Gasteiger partial charge in [0.2, 0.25) is 0 Å². The molecule has 0 spiro atoms. The van der Waals surface area contributed by atoms with Gasteiger partial charge in [-0.3, -0.25) is 9.69 Å². The molecule has 0 radical (unpaired) electrons. The van der Waals surface area contributed by atoms with Crippen LogP contribution in [0.4, 0.5) is 0 Å². The first kappa shape index (κ1) is 17.7. The SMILES string of the molecule is CC(=O)/C(O)=C1\C=CN(Cc2ccccc2)C1N1CCCCCCC1. The second-order valence-corrected chi connectivity index (χ2v) is 7.01. The van der Waals surface area contributed by atoms with Crippen LogP contribution in [-0.2, 0) is 11.3 Å². The Morgan fingerprint density at radius 1 is 1.08 bits per heavy atom. The Morgan fingerprint density at radius 2 is 1.72 bits per heavy atom. The van der Waals surface area contributed by atoms with Gasteiger partial charge in [0.1, 0.15) is 6.17 Å². The predicted octanol–water partition coefficient (Wildman–Crippen LogP) is 4.01. The average molecular weight is 340 g/mol. The molecule has 1 aromatic carbocycles. The van der Waals surface area contributed by atoms with Crippen molar-refractivity contribution in [3.05, 3.63) is 59.5 Å². The Labute approximate surface area is 150 Å². The first-order valence-electron chi connectivity index (χ1n) is 9.33. The molecule has 1 fully saturated rings. The summed E-state index contributed by atoms with van der Waals surface area (Å²) in [6, 6.07) is 10.3. The van der Waals surface area contributed by atoms with Crippen molar-refractivity contribution < 1.29 is 9.90 Å². The summed E-state index contributed by atoms with van der Waals surface area (Å²) in [5.41, 5.74) is 1.97. The molecule has 0 saturated carbocycles. The summed E-state index contributed by atoms with van der Waals surface area (Å²) in [5.74, 6) is -0.364. The van der Waals surface area contributed by atoms with E-state index in [-0.39, 0.29) is 17.7 Å². The van der Waals surface area contributed by atoms with E-state index in [0.29, 0.717) is 0 Å². The van der Waals surface area contributed by atoms with Crippen molar-refractivity contribution >= 4 is 5.78 Å². The topological polar surface area (TPSA) is 43.8 Å².